The number of rotatable bonds is 4. The molecule has 28 heavy (non-hydrogen) atoms. The van der Waals surface area contributed by atoms with Crippen molar-refractivity contribution in [1.29, 1.82) is 0 Å². The van der Waals surface area contributed by atoms with Crippen LogP contribution in [0.5, 0.6) is 11.5 Å². The van der Waals surface area contributed by atoms with Gasteiger partial charge in [0, 0.05) is 30.5 Å². The summed E-state index contributed by atoms with van der Waals surface area (Å²) in [6, 6.07) is 11.1. The van der Waals surface area contributed by atoms with Crippen LogP contribution in [0, 0.1) is 0 Å². The van der Waals surface area contributed by atoms with Gasteiger partial charge in [0.15, 0.2) is 11.0 Å². The molecule has 0 saturated carbocycles. The van der Waals surface area contributed by atoms with E-state index in [9.17, 15) is 10.2 Å². The number of hydrogen-bond acceptors (Lipinski definition) is 7. The number of morpholine rings is 1. The van der Waals surface area contributed by atoms with Gasteiger partial charge in [-0.15, -0.1) is 10.2 Å². The highest BCUT2D eigenvalue weighted by Crippen LogP contribution is 2.38. The summed E-state index contributed by atoms with van der Waals surface area (Å²) in [5.74, 6) is 0.404. The van der Waals surface area contributed by atoms with Crippen molar-refractivity contribution in [2.45, 2.75) is 5.16 Å². The number of hydrogen-bond donors (Lipinski definition) is 2. The Kier molecular flexibility index (Phi) is 5.47. The number of thioether (sulfide) groups is 1. The fourth-order valence-electron chi connectivity index (χ4n) is 3.17. The van der Waals surface area contributed by atoms with E-state index in [1.54, 1.807) is 6.07 Å². The van der Waals surface area contributed by atoms with Gasteiger partial charge in [-0.1, -0.05) is 11.8 Å². The first-order valence-corrected chi connectivity index (χ1v) is 10.7. The number of anilines is 1. The molecule has 1 aliphatic rings. The Hall–Kier alpha value is -2.23. The first-order valence-electron chi connectivity index (χ1n) is 8.73. The molecule has 0 bridgehead atoms. The lowest BCUT2D eigenvalue weighted by atomic mass is 10.1. The van der Waals surface area contributed by atoms with Gasteiger partial charge in [-0.2, -0.15) is 0 Å². The maximum atomic E-state index is 10.3. The molecule has 1 saturated heterocycles. The number of phenolic OH excluding ortho intramolecular Hbond substituents is 2. The van der Waals surface area contributed by atoms with Crippen LogP contribution in [-0.4, -0.2) is 57.5 Å². The summed E-state index contributed by atoms with van der Waals surface area (Å²) in [5.41, 5.74) is 2.52. The average molecular weight is 463 g/mol. The van der Waals surface area contributed by atoms with E-state index in [1.165, 1.54) is 17.8 Å². The molecular weight excluding hydrogens is 444 g/mol. The van der Waals surface area contributed by atoms with Crippen LogP contribution in [0.2, 0.25) is 0 Å². The Bertz CT molecular complexity index is 988. The Balaban J connectivity index is 1.76. The van der Waals surface area contributed by atoms with Crippen molar-refractivity contribution in [3.05, 3.63) is 40.9 Å². The summed E-state index contributed by atoms with van der Waals surface area (Å²) >= 11 is 4.77. The minimum Gasteiger partial charge on any atom is -0.507 e. The van der Waals surface area contributed by atoms with Gasteiger partial charge in [0.1, 0.15) is 11.5 Å². The lowest BCUT2D eigenvalue weighted by Gasteiger charge is -2.29. The number of benzene rings is 2. The second-order valence-electron chi connectivity index (χ2n) is 6.28. The number of nitrogens with zero attached hydrogens (tertiary/aromatic N) is 4. The molecule has 2 heterocycles. The molecule has 1 aliphatic heterocycles. The molecule has 0 amide bonds. The largest absolute Gasteiger partial charge is 0.507 e. The quantitative estimate of drug-likeness (QED) is 0.572. The minimum absolute atomic E-state index is 0.0349. The molecule has 3 aromatic rings. The fraction of sp³-hybridized carbons (Fsp3) is 0.263. The fourth-order valence-corrected chi connectivity index (χ4v) is 4.01. The van der Waals surface area contributed by atoms with Crippen LogP contribution in [0.15, 0.2) is 46.0 Å². The van der Waals surface area contributed by atoms with E-state index in [4.69, 9.17) is 4.74 Å². The van der Waals surface area contributed by atoms with Crippen molar-refractivity contribution in [1.82, 2.24) is 14.8 Å². The molecule has 1 fully saturated rings. The minimum atomic E-state index is -0.0630. The van der Waals surface area contributed by atoms with Gasteiger partial charge in [0.25, 0.3) is 0 Å². The summed E-state index contributed by atoms with van der Waals surface area (Å²) in [7, 11) is 0. The van der Waals surface area contributed by atoms with Crippen LogP contribution in [0.3, 0.4) is 0 Å². The summed E-state index contributed by atoms with van der Waals surface area (Å²) in [5, 5.41) is 29.4. The molecule has 4 rings (SSSR count). The van der Waals surface area contributed by atoms with Gasteiger partial charge < -0.3 is 19.8 Å². The van der Waals surface area contributed by atoms with Crippen LogP contribution in [0.25, 0.3) is 17.1 Å². The van der Waals surface area contributed by atoms with E-state index >= 15 is 0 Å². The smallest absolute Gasteiger partial charge is 0.195 e. The number of aromatic hydroxyl groups is 2. The zero-order valence-corrected chi connectivity index (χ0v) is 17.6. The predicted molar refractivity (Wildman–Crippen MR) is 113 cm³/mol. The van der Waals surface area contributed by atoms with Crippen LogP contribution in [-0.2, 0) is 4.74 Å². The highest BCUT2D eigenvalue weighted by Gasteiger charge is 2.20. The van der Waals surface area contributed by atoms with Gasteiger partial charge in [-0.3, -0.25) is 4.57 Å². The molecule has 2 N–H and O–H groups in total. The van der Waals surface area contributed by atoms with Crippen LogP contribution >= 0.6 is 27.7 Å². The molecule has 2 aromatic carbocycles. The Labute approximate surface area is 175 Å². The predicted octanol–water partition coefficient (Wildman–Crippen LogP) is 3.67. The molecule has 7 nitrogen and oxygen atoms in total. The summed E-state index contributed by atoms with van der Waals surface area (Å²) in [6.07, 6.45) is 1.93. The molecule has 146 valence electrons. The molecule has 9 heteroatoms. The highest BCUT2D eigenvalue weighted by atomic mass is 79.9. The molecule has 0 spiro atoms. The summed E-state index contributed by atoms with van der Waals surface area (Å²) < 4.78 is 7.79. The van der Waals surface area contributed by atoms with E-state index in [1.807, 2.05) is 23.0 Å². The topological polar surface area (TPSA) is 83.6 Å². The van der Waals surface area contributed by atoms with Gasteiger partial charge in [0.05, 0.1) is 23.2 Å². The van der Waals surface area contributed by atoms with E-state index in [2.05, 4.69) is 43.2 Å². The second kappa shape index (κ2) is 8.02. The van der Waals surface area contributed by atoms with Crippen molar-refractivity contribution in [2.24, 2.45) is 0 Å². The Morgan fingerprint density at radius 1 is 1.00 bits per heavy atom. The van der Waals surface area contributed by atoms with Crippen molar-refractivity contribution in [3.63, 3.8) is 0 Å². The summed E-state index contributed by atoms with van der Waals surface area (Å²) in [4.78, 5) is 2.29. The molecule has 0 atom stereocenters. The maximum absolute atomic E-state index is 10.3. The third kappa shape index (κ3) is 3.57. The van der Waals surface area contributed by atoms with E-state index in [0.717, 1.165) is 37.7 Å². The van der Waals surface area contributed by atoms with Gasteiger partial charge >= 0.3 is 0 Å². The average Bonchev–Trinajstić information content (AvgIpc) is 3.15. The third-order valence-corrected chi connectivity index (χ3v) is 5.87. The van der Waals surface area contributed by atoms with Crippen molar-refractivity contribution < 1.29 is 14.9 Å². The van der Waals surface area contributed by atoms with Crippen molar-refractivity contribution in [3.8, 4) is 28.6 Å². The summed E-state index contributed by atoms with van der Waals surface area (Å²) in [6.45, 7) is 3.23. The molecule has 1 aromatic heterocycles. The first-order chi connectivity index (χ1) is 13.6. The zero-order valence-electron chi connectivity index (χ0n) is 15.2. The van der Waals surface area contributed by atoms with Gasteiger partial charge in [-0.25, -0.2) is 0 Å². The van der Waals surface area contributed by atoms with Crippen LogP contribution in [0.4, 0.5) is 5.69 Å². The zero-order chi connectivity index (χ0) is 19.7. The lowest BCUT2D eigenvalue weighted by Crippen LogP contribution is -2.36. The van der Waals surface area contributed by atoms with Crippen LogP contribution in [0.1, 0.15) is 0 Å². The number of ether oxygens (including phenoxy) is 1. The highest BCUT2D eigenvalue weighted by molar-refractivity contribution is 9.10. The monoisotopic (exact) mass is 462 g/mol. The second-order valence-corrected chi connectivity index (χ2v) is 7.91. The van der Waals surface area contributed by atoms with Gasteiger partial charge in [0.2, 0.25) is 0 Å². The standard InChI is InChI=1S/C19H19BrN4O3S/c1-28-19-22-21-18(14-10-15(20)17(26)11-16(14)25)24(19)13-4-2-12(3-5-13)23-6-8-27-9-7-23/h2-5,10-11,25-26H,6-9H2,1H3. The van der Waals surface area contributed by atoms with E-state index in [0.29, 0.717) is 21.0 Å². The third-order valence-electron chi connectivity index (χ3n) is 4.61. The first kappa shape index (κ1) is 19.1. The van der Waals surface area contributed by atoms with Crippen molar-refractivity contribution in [2.75, 3.05) is 37.5 Å². The Morgan fingerprint density at radius 3 is 2.36 bits per heavy atom. The normalized spacial score (nSPS) is 14.4. The van der Waals surface area contributed by atoms with E-state index in [-0.39, 0.29) is 11.5 Å². The lowest BCUT2D eigenvalue weighted by molar-refractivity contribution is 0.122. The SMILES string of the molecule is CSc1nnc(-c2cc(Br)c(O)cc2O)n1-c1ccc(N2CCOCC2)cc1. The van der Waals surface area contributed by atoms with E-state index < -0.39 is 0 Å². The van der Waals surface area contributed by atoms with Crippen LogP contribution < -0.4 is 4.90 Å². The molecule has 0 radical (unpaired) electrons. The molecule has 0 unspecified atom stereocenters. The Morgan fingerprint density at radius 2 is 1.68 bits per heavy atom. The molecular formula is C19H19BrN4O3S. The number of phenols is 2. The maximum Gasteiger partial charge on any atom is 0.195 e. The van der Waals surface area contributed by atoms with Crippen molar-refractivity contribution >= 4 is 33.4 Å². The van der Waals surface area contributed by atoms with Gasteiger partial charge in [-0.05, 0) is 52.5 Å². The molecule has 0 aliphatic carbocycles. The number of aromatic nitrogens is 3. The number of halogens is 1.